The van der Waals surface area contributed by atoms with E-state index in [0.29, 0.717) is 31.1 Å². The summed E-state index contributed by atoms with van der Waals surface area (Å²) < 4.78 is 4.93. The van der Waals surface area contributed by atoms with E-state index in [1.165, 1.54) is 0 Å². The van der Waals surface area contributed by atoms with Crippen molar-refractivity contribution in [3.63, 3.8) is 0 Å². The lowest BCUT2D eigenvalue weighted by atomic mass is 10.00. The minimum Gasteiger partial charge on any atom is -0.462 e. The Kier molecular flexibility index (Phi) is 5.95. The molecule has 2 rings (SSSR count). The zero-order chi connectivity index (χ0) is 15.9. The van der Waals surface area contributed by atoms with E-state index in [1.54, 1.807) is 19.1 Å². The molecule has 1 amide bonds. The van der Waals surface area contributed by atoms with Crippen molar-refractivity contribution in [2.24, 2.45) is 11.7 Å². The lowest BCUT2D eigenvalue weighted by Gasteiger charge is -2.14. The summed E-state index contributed by atoms with van der Waals surface area (Å²) in [5.74, 6) is 0.0244. The molecule has 1 aliphatic carbocycles. The van der Waals surface area contributed by atoms with E-state index in [2.05, 4.69) is 5.32 Å². The normalized spacial score (nSPS) is 20.6. The standard InChI is InChI=1S/C17H24N2O3/c1-2-22-17(21)13-8-6-12(7-9-13)11-19-16(20)10-14-4-3-5-15(14)18/h6-9,14-15H,2-5,10-11,18H2,1H3,(H,19,20)/t14-,15+/m0/s1. The molecule has 120 valence electrons. The van der Waals surface area contributed by atoms with Crippen molar-refractivity contribution in [1.82, 2.24) is 5.32 Å². The summed E-state index contributed by atoms with van der Waals surface area (Å²) in [4.78, 5) is 23.5. The summed E-state index contributed by atoms with van der Waals surface area (Å²) >= 11 is 0. The molecule has 0 saturated heterocycles. The molecule has 1 aliphatic rings. The molecule has 1 aromatic rings. The molecule has 5 heteroatoms. The number of benzene rings is 1. The number of hydrogen-bond acceptors (Lipinski definition) is 4. The second kappa shape index (κ2) is 7.94. The molecule has 0 spiro atoms. The van der Waals surface area contributed by atoms with Crippen molar-refractivity contribution < 1.29 is 14.3 Å². The van der Waals surface area contributed by atoms with Crippen LogP contribution in [0.2, 0.25) is 0 Å². The first-order valence-corrected chi connectivity index (χ1v) is 7.88. The number of esters is 1. The molecule has 5 nitrogen and oxygen atoms in total. The number of carbonyl (C=O) groups is 2. The van der Waals surface area contributed by atoms with Gasteiger partial charge in [0.2, 0.25) is 5.91 Å². The third kappa shape index (κ3) is 4.56. The Hall–Kier alpha value is -1.88. The number of ether oxygens (including phenoxy) is 1. The molecule has 0 heterocycles. The van der Waals surface area contributed by atoms with E-state index in [9.17, 15) is 9.59 Å². The van der Waals surface area contributed by atoms with Gasteiger partial charge in [-0.15, -0.1) is 0 Å². The Morgan fingerprint density at radius 2 is 2.00 bits per heavy atom. The van der Waals surface area contributed by atoms with E-state index in [4.69, 9.17) is 10.5 Å². The van der Waals surface area contributed by atoms with Crippen LogP contribution in [0.3, 0.4) is 0 Å². The van der Waals surface area contributed by atoms with Crippen molar-refractivity contribution in [3.05, 3.63) is 35.4 Å². The van der Waals surface area contributed by atoms with E-state index >= 15 is 0 Å². The lowest BCUT2D eigenvalue weighted by Crippen LogP contribution is -2.31. The van der Waals surface area contributed by atoms with Crippen LogP contribution < -0.4 is 11.1 Å². The number of carbonyl (C=O) groups excluding carboxylic acids is 2. The SMILES string of the molecule is CCOC(=O)c1ccc(CNC(=O)C[C@@H]2CCC[C@H]2N)cc1. The highest BCUT2D eigenvalue weighted by molar-refractivity contribution is 5.89. The summed E-state index contributed by atoms with van der Waals surface area (Å²) in [5.41, 5.74) is 7.46. The van der Waals surface area contributed by atoms with Gasteiger partial charge in [-0.25, -0.2) is 4.79 Å². The highest BCUT2D eigenvalue weighted by Crippen LogP contribution is 2.26. The minimum atomic E-state index is -0.326. The number of rotatable bonds is 6. The molecule has 2 atom stereocenters. The van der Waals surface area contributed by atoms with Gasteiger partial charge in [-0.1, -0.05) is 18.6 Å². The summed E-state index contributed by atoms with van der Waals surface area (Å²) in [6, 6.07) is 7.25. The van der Waals surface area contributed by atoms with E-state index in [-0.39, 0.29) is 17.9 Å². The van der Waals surface area contributed by atoms with Crippen LogP contribution in [-0.2, 0) is 16.1 Å². The third-order valence-corrected chi connectivity index (χ3v) is 4.12. The number of nitrogens with two attached hydrogens (primary N) is 1. The molecule has 1 aromatic carbocycles. The highest BCUT2D eigenvalue weighted by Gasteiger charge is 2.25. The van der Waals surface area contributed by atoms with Crippen molar-refractivity contribution in [2.45, 2.75) is 45.2 Å². The highest BCUT2D eigenvalue weighted by atomic mass is 16.5. The van der Waals surface area contributed by atoms with E-state index in [1.807, 2.05) is 12.1 Å². The maximum atomic E-state index is 11.9. The fourth-order valence-electron chi connectivity index (χ4n) is 2.80. The van der Waals surface area contributed by atoms with Crippen molar-refractivity contribution in [1.29, 1.82) is 0 Å². The maximum Gasteiger partial charge on any atom is 0.338 e. The molecule has 0 unspecified atom stereocenters. The van der Waals surface area contributed by atoms with Crippen LogP contribution in [0.4, 0.5) is 0 Å². The van der Waals surface area contributed by atoms with Gasteiger partial charge in [0.05, 0.1) is 12.2 Å². The number of amides is 1. The first-order chi connectivity index (χ1) is 10.6. The smallest absolute Gasteiger partial charge is 0.338 e. The Morgan fingerprint density at radius 1 is 1.27 bits per heavy atom. The van der Waals surface area contributed by atoms with Crippen LogP contribution in [-0.4, -0.2) is 24.5 Å². The van der Waals surface area contributed by atoms with Gasteiger partial charge in [0.25, 0.3) is 0 Å². The van der Waals surface area contributed by atoms with Gasteiger partial charge in [0.15, 0.2) is 0 Å². The molecule has 1 saturated carbocycles. The average molecular weight is 304 g/mol. The molecule has 22 heavy (non-hydrogen) atoms. The summed E-state index contributed by atoms with van der Waals surface area (Å²) in [6.07, 6.45) is 3.69. The molecule has 0 aliphatic heterocycles. The Labute approximate surface area is 131 Å². The molecule has 1 fully saturated rings. The predicted octanol–water partition coefficient (Wildman–Crippen LogP) is 2.00. The van der Waals surface area contributed by atoms with Crippen molar-refractivity contribution >= 4 is 11.9 Å². The van der Waals surface area contributed by atoms with Gasteiger partial charge >= 0.3 is 5.97 Å². The molecular weight excluding hydrogens is 280 g/mol. The first kappa shape index (κ1) is 16.5. The summed E-state index contributed by atoms with van der Waals surface area (Å²) in [7, 11) is 0. The van der Waals surface area contributed by atoms with Crippen LogP contribution in [0.1, 0.15) is 48.5 Å². The summed E-state index contributed by atoms with van der Waals surface area (Å²) in [6.45, 7) is 2.60. The first-order valence-electron chi connectivity index (χ1n) is 7.88. The van der Waals surface area contributed by atoms with Gasteiger partial charge < -0.3 is 15.8 Å². The van der Waals surface area contributed by atoms with Gasteiger partial charge in [-0.2, -0.15) is 0 Å². The Morgan fingerprint density at radius 3 is 2.59 bits per heavy atom. The zero-order valence-corrected chi connectivity index (χ0v) is 13.0. The quantitative estimate of drug-likeness (QED) is 0.788. The zero-order valence-electron chi connectivity index (χ0n) is 13.0. The van der Waals surface area contributed by atoms with Gasteiger partial charge in [0, 0.05) is 19.0 Å². The lowest BCUT2D eigenvalue weighted by molar-refractivity contribution is -0.122. The summed E-state index contributed by atoms with van der Waals surface area (Å²) in [5, 5.41) is 2.91. The van der Waals surface area contributed by atoms with Gasteiger partial charge in [0.1, 0.15) is 0 Å². The molecule has 0 radical (unpaired) electrons. The topological polar surface area (TPSA) is 81.4 Å². The Bertz CT molecular complexity index is 513. The van der Waals surface area contributed by atoms with E-state index < -0.39 is 0 Å². The largest absolute Gasteiger partial charge is 0.462 e. The van der Waals surface area contributed by atoms with Crippen LogP contribution in [0.15, 0.2) is 24.3 Å². The third-order valence-electron chi connectivity index (χ3n) is 4.12. The second-order valence-electron chi connectivity index (χ2n) is 5.75. The van der Waals surface area contributed by atoms with Crippen molar-refractivity contribution in [3.8, 4) is 0 Å². The Balaban J connectivity index is 1.79. The van der Waals surface area contributed by atoms with Crippen LogP contribution in [0.5, 0.6) is 0 Å². The molecular formula is C17H24N2O3. The maximum absolute atomic E-state index is 11.9. The fourth-order valence-corrected chi connectivity index (χ4v) is 2.80. The second-order valence-corrected chi connectivity index (χ2v) is 5.75. The minimum absolute atomic E-state index is 0.0387. The molecule has 3 N–H and O–H groups in total. The predicted molar refractivity (Wildman–Crippen MR) is 84.2 cm³/mol. The van der Waals surface area contributed by atoms with Gasteiger partial charge in [-0.05, 0) is 43.4 Å². The van der Waals surface area contributed by atoms with Crippen molar-refractivity contribution in [2.75, 3.05) is 6.61 Å². The van der Waals surface area contributed by atoms with Crippen LogP contribution >= 0.6 is 0 Å². The average Bonchev–Trinajstić information content (AvgIpc) is 2.91. The van der Waals surface area contributed by atoms with E-state index in [0.717, 1.165) is 24.8 Å². The molecule has 0 aromatic heterocycles. The van der Waals surface area contributed by atoms with Crippen LogP contribution in [0.25, 0.3) is 0 Å². The van der Waals surface area contributed by atoms with Gasteiger partial charge in [-0.3, -0.25) is 4.79 Å². The monoisotopic (exact) mass is 304 g/mol. The molecule has 0 bridgehead atoms. The number of hydrogen-bond donors (Lipinski definition) is 2. The van der Waals surface area contributed by atoms with Crippen LogP contribution in [0, 0.1) is 5.92 Å². The fraction of sp³-hybridized carbons (Fsp3) is 0.529. The number of nitrogens with one attached hydrogen (secondary N) is 1.